The smallest absolute Gasteiger partial charge is 0.0720 e. The second-order valence-corrected chi connectivity index (χ2v) is 22.5. The van der Waals surface area contributed by atoms with Crippen molar-refractivity contribution in [1.29, 1.82) is 0 Å². The Balaban J connectivity index is 0.923. The molecular weight excluding hydrogens is 963 g/mol. The van der Waals surface area contributed by atoms with E-state index >= 15 is 0 Å². The van der Waals surface area contributed by atoms with Gasteiger partial charge in [0.2, 0.25) is 0 Å². The monoisotopic (exact) mass is 1020 g/mol. The minimum atomic E-state index is -0.618. The Morgan fingerprint density at radius 2 is 0.812 bits per heavy atom. The average molecular weight is 1020 g/mol. The molecule has 3 aliphatic rings. The van der Waals surface area contributed by atoms with Crippen molar-refractivity contribution in [1.82, 2.24) is 4.57 Å². The maximum atomic E-state index is 2.56. The van der Waals surface area contributed by atoms with Crippen LogP contribution in [0.15, 0.2) is 279 Å². The highest BCUT2D eigenvalue weighted by molar-refractivity contribution is 6.11. The van der Waals surface area contributed by atoms with E-state index in [-0.39, 0.29) is 5.92 Å². The second-order valence-electron chi connectivity index (χ2n) is 22.5. The van der Waals surface area contributed by atoms with Crippen LogP contribution in [0, 0.1) is 6.92 Å². The summed E-state index contributed by atoms with van der Waals surface area (Å²) in [6, 6.07) is 106. The molecule has 0 saturated carbocycles. The molecule has 1 unspecified atom stereocenters. The lowest BCUT2D eigenvalue weighted by Crippen LogP contribution is -2.43. The normalized spacial score (nSPS) is 16.5. The fourth-order valence-electron chi connectivity index (χ4n) is 15.4. The lowest BCUT2D eigenvalue weighted by Gasteiger charge is -2.48. The highest BCUT2D eigenvalue weighted by Crippen LogP contribution is 2.68. The third-order valence-electron chi connectivity index (χ3n) is 18.7. The molecule has 0 aliphatic heterocycles. The lowest BCUT2D eigenvalue weighted by atomic mass is 9.52. The van der Waals surface area contributed by atoms with Crippen LogP contribution in [0.5, 0.6) is 0 Å². The SMILES string of the molecule is CCC(Cc1cccc2c1-c1ccccc1C21c2ccccc2C2(c3ccccc3-c3c(-n4c5ccccc5c5ccc(-c6ccccc6)cc54)cccc32)c2ccccc21)c1cc(-c2ccccc2)ccc1-c1ccccc1C. The standard InChI is InChI=1S/C79H57N/c1-3-52(64-49-55(53-25-6-4-7-26-53)44-46-59(64)58-30-11-10-24-51(58)2)48-57-29-22-40-71-76(57)62-32-12-15-34-65(62)78(71)67-36-17-19-38-69(67)79(70-39-20-18-37-68(70)78)66-35-16-13-33-63(66)77-72(79)41-23-43-74(77)80-73-42-21-14-31-60(73)61-47-45-56(50-75(61)80)54-27-8-5-9-28-54/h4-47,49-50,52H,3,48H2,1-2H3. The summed E-state index contributed by atoms with van der Waals surface area (Å²) in [6.45, 7) is 4.64. The molecule has 80 heavy (non-hydrogen) atoms. The Morgan fingerprint density at radius 3 is 1.44 bits per heavy atom. The van der Waals surface area contributed by atoms with Gasteiger partial charge >= 0.3 is 0 Å². The van der Waals surface area contributed by atoms with E-state index in [0.717, 1.165) is 12.8 Å². The van der Waals surface area contributed by atoms with Gasteiger partial charge in [0, 0.05) is 16.3 Å². The zero-order valence-electron chi connectivity index (χ0n) is 45.0. The van der Waals surface area contributed by atoms with E-state index < -0.39 is 10.8 Å². The van der Waals surface area contributed by atoms with Gasteiger partial charge in [0.1, 0.15) is 0 Å². The number of aryl methyl sites for hydroxylation is 1. The minimum absolute atomic E-state index is 0.262. The molecule has 0 fully saturated rings. The molecule has 378 valence electrons. The zero-order chi connectivity index (χ0) is 53.1. The molecule has 12 aromatic carbocycles. The van der Waals surface area contributed by atoms with Gasteiger partial charge in [-0.2, -0.15) is 0 Å². The Bertz CT molecular complexity index is 4580. The Morgan fingerprint density at radius 1 is 0.338 bits per heavy atom. The van der Waals surface area contributed by atoms with Gasteiger partial charge in [0.15, 0.2) is 0 Å². The van der Waals surface area contributed by atoms with E-state index in [9.17, 15) is 0 Å². The van der Waals surface area contributed by atoms with Gasteiger partial charge in [-0.25, -0.2) is 0 Å². The van der Waals surface area contributed by atoms with Crippen molar-refractivity contribution in [3.63, 3.8) is 0 Å². The van der Waals surface area contributed by atoms with Gasteiger partial charge in [-0.3, -0.25) is 0 Å². The van der Waals surface area contributed by atoms with Crippen LogP contribution in [0.4, 0.5) is 0 Å². The third kappa shape index (κ3) is 6.41. The second kappa shape index (κ2) is 18.0. The molecule has 0 saturated heterocycles. The fourth-order valence-corrected chi connectivity index (χ4v) is 15.4. The lowest BCUT2D eigenvalue weighted by molar-refractivity contribution is 0.631. The zero-order valence-corrected chi connectivity index (χ0v) is 45.0. The van der Waals surface area contributed by atoms with Gasteiger partial charge in [0.05, 0.1) is 27.6 Å². The van der Waals surface area contributed by atoms with Crippen LogP contribution in [0.25, 0.3) is 83.1 Å². The molecule has 2 spiro atoms. The molecule has 1 atom stereocenters. The first-order valence-corrected chi connectivity index (χ1v) is 28.6. The number of hydrogen-bond donors (Lipinski definition) is 0. The molecule has 16 rings (SSSR count). The van der Waals surface area contributed by atoms with Crippen molar-refractivity contribution in [3.8, 4) is 61.3 Å². The van der Waals surface area contributed by atoms with E-state index in [2.05, 4.69) is 297 Å². The van der Waals surface area contributed by atoms with Crippen molar-refractivity contribution < 1.29 is 0 Å². The Labute approximate surface area is 468 Å². The molecule has 0 N–H and O–H groups in total. The minimum Gasteiger partial charge on any atom is -0.309 e. The summed E-state index contributed by atoms with van der Waals surface area (Å²) in [4.78, 5) is 0. The maximum Gasteiger partial charge on any atom is 0.0720 e. The predicted molar refractivity (Wildman–Crippen MR) is 333 cm³/mol. The number of para-hydroxylation sites is 1. The molecule has 0 radical (unpaired) electrons. The molecule has 1 aromatic heterocycles. The van der Waals surface area contributed by atoms with Crippen molar-refractivity contribution in [3.05, 3.63) is 340 Å². The molecule has 13 aromatic rings. The van der Waals surface area contributed by atoms with Crippen LogP contribution < -0.4 is 0 Å². The van der Waals surface area contributed by atoms with Gasteiger partial charge in [-0.15, -0.1) is 0 Å². The molecule has 1 nitrogen and oxygen atoms in total. The number of nitrogens with zero attached hydrogens (tertiary/aromatic N) is 1. The summed E-state index contributed by atoms with van der Waals surface area (Å²) < 4.78 is 2.56. The van der Waals surface area contributed by atoms with Crippen molar-refractivity contribution >= 4 is 21.8 Å². The first kappa shape index (κ1) is 46.5. The Hall–Kier alpha value is -9.56. The summed E-state index contributed by atoms with van der Waals surface area (Å²) >= 11 is 0. The Kier molecular flexibility index (Phi) is 10.5. The summed E-state index contributed by atoms with van der Waals surface area (Å²) in [5, 5.41) is 2.51. The van der Waals surface area contributed by atoms with Crippen LogP contribution in [-0.4, -0.2) is 4.57 Å². The van der Waals surface area contributed by atoms with Crippen LogP contribution in [0.2, 0.25) is 0 Å². The fraction of sp³-hybridized carbons (Fsp3) is 0.0886. The first-order valence-electron chi connectivity index (χ1n) is 28.6. The summed E-state index contributed by atoms with van der Waals surface area (Å²) in [5.74, 6) is 0.262. The van der Waals surface area contributed by atoms with E-state index in [1.165, 1.54) is 144 Å². The van der Waals surface area contributed by atoms with E-state index in [1.807, 2.05) is 0 Å². The van der Waals surface area contributed by atoms with E-state index in [0.29, 0.717) is 0 Å². The van der Waals surface area contributed by atoms with Crippen LogP contribution in [0.3, 0.4) is 0 Å². The van der Waals surface area contributed by atoms with Gasteiger partial charge < -0.3 is 4.57 Å². The quantitative estimate of drug-likeness (QED) is 0.143. The third-order valence-corrected chi connectivity index (χ3v) is 18.7. The van der Waals surface area contributed by atoms with E-state index in [1.54, 1.807) is 0 Å². The van der Waals surface area contributed by atoms with Crippen LogP contribution >= 0.6 is 0 Å². The van der Waals surface area contributed by atoms with E-state index in [4.69, 9.17) is 0 Å². The number of benzene rings is 12. The average Bonchev–Trinajstić information content (AvgIpc) is 4.21. The molecule has 0 amide bonds. The van der Waals surface area contributed by atoms with Gasteiger partial charge in [0.25, 0.3) is 0 Å². The van der Waals surface area contributed by atoms with Gasteiger partial charge in [-0.05, 0) is 155 Å². The number of aromatic nitrogens is 1. The van der Waals surface area contributed by atoms with Crippen LogP contribution in [0.1, 0.15) is 80.5 Å². The number of rotatable bonds is 8. The van der Waals surface area contributed by atoms with Gasteiger partial charge in [-0.1, -0.05) is 268 Å². The maximum absolute atomic E-state index is 2.56. The summed E-state index contributed by atoms with van der Waals surface area (Å²) in [7, 11) is 0. The summed E-state index contributed by atoms with van der Waals surface area (Å²) in [6.07, 6.45) is 1.92. The van der Waals surface area contributed by atoms with Crippen molar-refractivity contribution in [2.75, 3.05) is 0 Å². The first-order chi connectivity index (χ1) is 39.6. The topological polar surface area (TPSA) is 4.93 Å². The number of fused-ring (bicyclic) bond motifs is 19. The van der Waals surface area contributed by atoms with Crippen molar-refractivity contribution in [2.24, 2.45) is 0 Å². The largest absolute Gasteiger partial charge is 0.309 e. The summed E-state index contributed by atoms with van der Waals surface area (Å²) in [5.41, 5.74) is 30.2. The molecule has 0 bridgehead atoms. The molecule has 1 heterocycles. The van der Waals surface area contributed by atoms with Crippen LogP contribution in [-0.2, 0) is 17.3 Å². The highest BCUT2D eigenvalue weighted by atomic mass is 15.0. The molecule has 3 aliphatic carbocycles. The highest BCUT2D eigenvalue weighted by Gasteiger charge is 2.59. The molecule has 1 heteroatoms. The van der Waals surface area contributed by atoms with Crippen molar-refractivity contribution in [2.45, 2.75) is 43.4 Å². The molecular formula is C79H57N. The number of hydrogen-bond acceptors (Lipinski definition) is 0. The predicted octanol–water partition coefficient (Wildman–Crippen LogP) is 19.9.